The summed E-state index contributed by atoms with van der Waals surface area (Å²) in [6, 6.07) is 11.9. The molecule has 0 radical (unpaired) electrons. The smallest absolute Gasteiger partial charge is 0.277 e. The van der Waals surface area contributed by atoms with Crippen LogP contribution < -0.4 is 5.56 Å². The van der Waals surface area contributed by atoms with Crippen molar-refractivity contribution < 1.29 is 8.78 Å². The molecule has 0 aliphatic rings. The third-order valence-electron chi connectivity index (χ3n) is 6.67. The van der Waals surface area contributed by atoms with Crippen molar-refractivity contribution in [3.8, 4) is 22.8 Å². The Morgan fingerprint density at radius 3 is 1.79 bits per heavy atom. The largest absolute Gasteiger partial charge is 0.305 e. The van der Waals surface area contributed by atoms with Crippen molar-refractivity contribution in [2.24, 2.45) is 14.1 Å². The van der Waals surface area contributed by atoms with E-state index in [1.807, 2.05) is 7.05 Å². The van der Waals surface area contributed by atoms with Gasteiger partial charge in [-0.15, -0.1) is 0 Å². The van der Waals surface area contributed by atoms with Crippen LogP contribution in [0.5, 0.6) is 0 Å². The van der Waals surface area contributed by atoms with E-state index in [9.17, 15) is 13.6 Å². The first-order valence-corrected chi connectivity index (χ1v) is 13.9. The number of halogens is 3. The van der Waals surface area contributed by atoms with Gasteiger partial charge in [0.25, 0.3) is 5.56 Å². The number of rotatable bonds is 6. The van der Waals surface area contributed by atoms with Crippen molar-refractivity contribution in [1.82, 2.24) is 39.5 Å². The normalized spacial score (nSPS) is 11.2. The number of H-pyrrole nitrogens is 1. The van der Waals surface area contributed by atoms with Crippen molar-refractivity contribution in [2.45, 2.75) is 39.5 Å². The average Bonchev–Trinajstić information content (AvgIpc) is 3.46. The highest BCUT2D eigenvalue weighted by atomic mass is 35.5. The Bertz CT molecular complexity index is 1930. The van der Waals surface area contributed by atoms with E-state index in [2.05, 4.69) is 44.0 Å². The molecule has 2 aromatic carbocycles. The lowest BCUT2D eigenvalue weighted by Gasteiger charge is -2.03. The first kappa shape index (κ1) is 29.0. The molecule has 0 spiro atoms. The van der Waals surface area contributed by atoms with Crippen LogP contribution in [0.3, 0.4) is 0 Å². The number of nitrogens with zero attached hydrogens (tertiary/aromatic N) is 7. The number of aryl methyl sites for hydroxylation is 4. The molecule has 0 aliphatic carbocycles. The monoisotopic (exact) mass is 590 g/mol. The fourth-order valence-corrected chi connectivity index (χ4v) is 5.02. The van der Waals surface area contributed by atoms with Crippen LogP contribution in [0, 0.1) is 11.6 Å². The minimum Gasteiger partial charge on any atom is -0.305 e. The van der Waals surface area contributed by atoms with Crippen molar-refractivity contribution >= 4 is 33.7 Å². The van der Waals surface area contributed by atoms with Crippen molar-refractivity contribution in [2.75, 3.05) is 0 Å². The molecule has 0 fully saturated rings. The molecule has 4 aromatic heterocycles. The Hall–Kier alpha value is -4.51. The highest BCUT2D eigenvalue weighted by Gasteiger charge is 2.17. The van der Waals surface area contributed by atoms with Gasteiger partial charge >= 0.3 is 0 Å². The molecule has 0 atom stereocenters. The highest BCUT2D eigenvalue weighted by Crippen LogP contribution is 2.27. The molecular formula is C30H29ClF2N8O. The van der Waals surface area contributed by atoms with Crippen molar-refractivity contribution in [3.05, 3.63) is 87.1 Å². The second-order valence-corrected chi connectivity index (χ2v) is 10.2. The van der Waals surface area contributed by atoms with Crippen LogP contribution >= 0.6 is 11.6 Å². The number of aromatic nitrogens is 8. The molecule has 216 valence electrons. The van der Waals surface area contributed by atoms with Crippen LogP contribution in [0.2, 0.25) is 5.15 Å². The molecule has 6 aromatic rings. The van der Waals surface area contributed by atoms with Crippen molar-refractivity contribution in [3.63, 3.8) is 0 Å². The topological polar surface area (TPSA) is 107 Å². The van der Waals surface area contributed by atoms with Crippen LogP contribution in [0.1, 0.15) is 38.1 Å². The first-order chi connectivity index (χ1) is 20.2. The summed E-state index contributed by atoms with van der Waals surface area (Å²) in [7, 11) is 3.56. The number of nitrogens with one attached hydrogen (secondary N) is 1. The van der Waals surface area contributed by atoms with Crippen LogP contribution in [0.4, 0.5) is 8.78 Å². The lowest BCUT2D eigenvalue weighted by Crippen LogP contribution is -2.12. The summed E-state index contributed by atoms with van der Waals surface area (Å²) in [5.41, 5.74) is 5.44. The molecular weight excluding hydrogens is 562 g/mol. The van der Waals surface area contributed by atoms with Gasteiger partial charge in [0.05, 0.1) is 11.4 Å². The lowest BCUT2D eigenvalue weighted by atomic mass is 10.2. The number of hydrogen-bond donors (Lipinski definition) is 1. The van der Waals surface area contributed by atoms with E-state index >= 15 is 0 Å². The molecule has 0 aliphatic heterocycles. The zero-order valence-corrected chi connectivity index (χ0v) is 24.4. The third kappa shape index (κ3) is 5.78. The van der Waals surface area contributed by atoms with Crippen molar-refractivity contribution in [1.29, 1.82) is 0 Å². The number of aromatic amines is 1. The average molecular weight is 591 g/mol. The van der Waals surface area contributed by atoms with Gasteiger partial charge in [-0.2, -0.15) is 10.2 Å². The molecule has 4 heterocycles. The van der Waals surface area contributed by atoms with Crippen LogP contribution in [0.25, 0.3) is 44.8 Å². The van der Waals surface area contributed by atoms with E-state index in [1.165, 1.54) is 24.3 Å². The summed E-state index contributed by atoms with van der Waals surface area (Å²) < 4.78 is 29.3. The van der Waals surface area contributed by atoms with Gasteiger partial charge in [-0.05, 0) is 61.4 Å². The van der Waals surface area contributed by atoms with Gasteiger partial charge in [-0.25, -0.2) is 23.7 Å². The fraction of sp³-hybridized carbons (Fsp3) is 0.267. The zero-order valence-electron chi connectivity index (χ0n) is 23.6. The van der Waals surface area contributed by atoms with Gasteiger partial charge in [0.2, 0.25) is 0 Å². The Morgan fingerprint density at radius 2 is 1.24 bits per heavy atom. The molecule has 0 unspecified atom stereocenters. The van der Waals surface area contributed by atoms with Gasteiger partial charge in [-0.3, -0.25) is 14.2 Å². The zero-order chi connectivity index (χ0) is 30.0. The second kappa shape index (κ2) is 12.2. The Balaban J connectivity index is 0.000000168. The third-order valence-corrected chi connectivity index (χ3v) is 6.93. The van der Waals surface area contributed by atoms with Crippen LogP contribution in [-0.4, -0.2) is 39.5 Å². The number of fused-ring (bicyclic) bond motifs is 2. The number of benzene rings is 2. The summed E-state index contributed by atoms with van der Waals surface area (Å²) in [6.45, 7) is 4.14. The van der Waals surface area contributed by atoms with E-state index in [0.717, 1.165) is 53.7 Å². The summed E-state index contributed by atoms with van der Waals surface area (Å²) >= 11 is 6.28. The minimum atomic E-state index is -0.324. The molecule has 0 bridgehead atoms. The standard InChI is InChI=1S/C15H14ClFN4.C15H15FN4O/c1-3-4-11-12-13(21(2)20-11)14(16)19-15(18-12)9-5-7-10(17)8-6-9;1-3-4-11-12-13(20(2)19-11)15(21)18-14(17-12)9-5-7-10(16)8-6-9/h5-8H,3-4H2,1-2H3;5-8H,3-4H2,1-2H3,(H,17,18,21). The highest BCUT2D eigenvalue weighted by molar-refractivity contribution is 6.33. The summed E-state index contributed by atoms with van der Waals surface area (Å²) in [6.07, 6.45) is 3.48. The van der Waals surface area contributed by atoms with E-state index in [1.54, 1.807) is 40.7 Å². The predicted octanol–water partition coefficient (Wildman–Crippen LogP) is 6.19. The minimum absolute atomic E-state index is 0.239. The molecule has 42 heavy (non-hydrogen) atoms. The Kier molecular flexibility index (Phi) is 8.39. The quantitative estimate of drug-likeness (QED) is 0.232. The maximum Gasteiger partial charge on any atom is 0.277 e. The van der Waals surface area contributed by atoms with Gasteiger partial charge in [0.15, 0.2) is 16.5 Å². The number of hydrogen-bond acceptors (Lipinski definition) is 6. The Labute approximate surface area is 245 Å². The van der Waals surface area contributed by atoms with Crippen LogP contribution in [0.15, 0.2) is 53.3 Å². The molecule has 9 nitrogen and oxygen atoms in total. The maximum atomic E-state index is 13.0. The molecule has 6 rings (SSSR count). The molecule has 12 heteroatoms. The van der Waals surface area contributed by atoms with Gasteiger partial charge in [-0.1, -0.05) is 38.3 Å². The van der Waals surface area contributed by atoms with Gasteiger partial charge in [0, 0.05) is 25.2 Å². The molecule has 0 saturated heterocycles. The molecule has 0 saturated carbocycles. The fourth-order valence-electron chi connectivity index (χ4n) is 4.72. The van der Waals surface area contributed by atoms with Gasteiger partial charge < -0.3 is 4.98 Å². The SMILES string of the molecule is CCCc1nn(C)c2c(=O)[nH]c(-c3ccc(F)cc3)nc12.CCCc1nn(C)c2c(Cl)nc(-c3ccc(F)cc3)nc12. The van der Waals surface area contributed by atoms with E-state index < -0.39 is 0 Å². The first-order valence-electron chi connectivity index (χ1n) is 13.6. The summed E-state index contributed by atoms with van der Waals surface area (Å²) in [4.78, 5) is 28.4. The lowest BCUT2D eigenvalue weighted by molar-refractivity contribution is 0.627. The van der Waals surface area contributed by atoms with E-state index in [0.29, 0.717) is 33.4 Å². The van der Waals surface area contributed by atoms with Crippen LogP contribution in [-0.2, 0) is 26.9 Å². The maximum absolute atomic E-state index is 13.0. The van der Waals surface area contributed by atoms with E-state index in [4.69, 9.17) is 11.6 Å². The molecule has 1 N–H and O–H groups in total. The Morgan fingerprint density at radius 1 is 0.738 bits per heavy atom. The van der Waals surface area contributed by atoms with Gasteiger partial charge in [0.1, 0.15) is 34.0 Å². The summed E-state index contributed by atoms with van der Waals surface area (Å²) in [5.74, 6) is 0.296. The molecule has 0 amide bonds. The summed E-state index contributed by atoms with van der Waals surface area (Å²) in [5, 5.41) is 9.18. The predicted molar refractivity (Wildman–Crippen MR) is 159 cm³/mol. The van der Waals surface area contributed by atoms with E-state index in [-0.39, 0.29) is 17.2 Å². The second-order valence-electron chi connectivity index (χ2n) is 9.80.